The molecule has 18 heavy (non-hydrogen) atoms. The third-order valence-corrected chi connectivity index (χ3v) is 2.51. The Hall–Kier alpha value is -1.89. The lowest BCUT2D eigenvalue weighted by Crippen LogP contribution is -2.19. The minimum atomic E-state index is -1.10. The lowest BCUT2D eigenvalue weighted by atomic mass is 10.2. The summed E-state index contributed by atoms with van der Waals surface area (Å²) in [6, 6.07) is 0. The van der Waals surface area contributed by atoms with Crippen molar-refractivity contribution >= 4 is 29.7 Å². The van der Waals surface area contributed by atoms with E-state index in [0.29, 0.717) is 17.3 Å². The summed E-state index contributed by atoms with van der Waals surface area (Å²) in [7, 11) is 0. The smallest absolute Gasteiger partial charge is 0.355 e. The fourth-order valence-corrected chi connectivity index (χ4v) is 1.50. The highest BCUT2D eigenvalue weighted by Gasteiger charge is 2.11. The van der Waals surface area contributed by atoms with Gasteiger partial charge in [-0.3, -0.25) is 4.79 Å². The number of carboxylic acids is 1. The van der Waals surface area contributed by atoms with Gasteiger partial charge >= 0.3 is 5.97 Å². The van der Waals surface area contributed by atoms with Crippen LogP contribution < -0.4 is 5.32 Å². The molecule has 1 aromatic heterocycles. The fraction of sp³-hybridized carbons (Fsp3) is 0.273. The van der Waals surface area contributed by atoms with Gasteiger partial charge in [0.05, 0.1) is 0 Å². The molecule has 0 aliphatic carbocycles. The van der Waals surface area contributed by atoms with Gasteiger partial charge in [0.1, 0.15) is 0 Å². The molecule has 0 unspecified atom stereocenters. The summed E-state index contributed by atoms with van der Waals surface area (Å²) in [6.07, 6.45) is 6.44. The number of carbonyl (C=O) groups excluding carboxylic acids is 1. The zero-order chi connectivity index (χ0) is 13.5. The van der Waals surface area contributed by atoms with Gasteiger partial charge in [0, 0.05) is 25.2 Å². The molecule has 0 saturated heterocycles. The lowest BCUT2D eigenvalue weighted by Gasteiger charge is -2.02. The van der Waals surface area contributed by atoms with E-state index in [1.807, 2.05) is 0 Å². The Morgan fingerprint density at radius 1 is 1.56 bits per heavy atom. The number of aromatic carboxylic acids is 1. The highest BCUT2D eigenvalue weighted by Crippen LogP contribution is 2.13. The molecule has 7 heteroatoms. The van der Waals surface area contributed by atoms with Crippen LogP contribution in [0.25, 0.3) is 6.08 Å². The Kier molecular flexibility index (Phi) is 5.31. The molecule has 0 aliphatic rings. The van der Waals surface area contributed by atoms with Crippen molar-refractivity contribution in [3.8, 4) is 0 Å². The first-order chi connectivity index (χ1) is 8.54. The molecule has 1 aromatic rings. The second-order valence-electron chi connectivity index (χ2n) is 3.31. The quantitative estimate of drug-likeness (QED) is 0.612. The molecular weight excluding hydrogens is 254 g/mol. The summed E-state index contributed by atoms with van der Waals surface area (Å²) in [4.78, 5) is 29.6. The van der Waals surface area contributed by atoms with Crippen LogP contribution in [0.3, 0.4) is 0 Å². The van der Waals surface area contributed by atoms with Crippen LogP contribution in [0.15, 0.2) is 17.4 Å². The number of amides is 1. The maximum absolute atomic E-state index is 11.0. The van der Waals surface area contributed by atoms with Crippen LogP contribution in [-0.2, 0) is 4.79 Å². The monoisotopic (exact) mass is 267 g/mol. The predicted molar refractivity (Wildman–Crippen MR) is 68.5 cm³/mol. The standard InChI is InChI=1S/C11H13N3O3S/c1-7(15)12-5-3-4-8-6-13-11(18-2)14-9(8)10(16)17/h3-4,6H,5H2,1-2H3,(H,12,15)(H,16,17). The number of hydrogen-bond acceptors (Lipinski definition) is 5. The van der Waals surface area contributed by atoms with Gasteiger partial charge in [0.15, 0.2) is 10.9 Å². The van der Waals surface area contributed by atoms with E-state index in [-0.39, 0.29) is 11.6 Å². The second-order valence-corrected chi connectivity index (χ2v) is 4.08. The number of thioether (sulfide) groups is 1. The molecule has 0 fully saturated rings. The number of hydrogen-bond donors (Lipinski definition) is 2. The number of carboxylic acid groups (broad SMARTS) is 1. The van der Waals surface area contributed by atoms with Crippen molar-refractivity contribution in [2.75, 3.05) is 12.8 Å². The number of rotatable bonds is 5. The Bertz CT molecular complexity index is 488. The minimum Gasteiger partial charge on any atom is -0.476 e. The molecule has 0 aliphatic heterocycles. The van der Waals surface area contributed by atoms with Crippen molar-refractivity contribution in [1.29, 1.82) is 0 Å². The Morgan fingerprint density at radius 3 is 2.83 bits per heavy atom. The Morgan fingerprint density at radius 2 is 2.28 bits per heavy atom. The molecule has 1 heterocycles. The third kappa shape index (κ3) is 4.17. The van der Waals surface area contributed by atoms with E-state index < -0.39 is 5.97 Å². The Balaban J connectivity index is 2.87. The summed E-state index contributed by atoms with van der Waals surface area (Å²) in [5, 5.41) is 12.0. The maximum Gasteiger partial charge on any atom is 0.355 e. The molecule has 0 spiro atoms. The second kappa shape index (κ2) is 6.75. The average Bonchev–Trinajstić information content (AvgIpc) is 2.34. The first-order valence-corrected chi connectivity index (χ1v) is 6.32. The molecule has 2 N–H and O–H groups in total. The van der Waals surface area contributed by atoms with Crippen molar-refractivity contribution in [3.63, 3.8) is 0 Å². The van der Waals surface area contributed by atoms with Gasteiger partial charge in [-0.25, -0.2) is 14.8 Å². The molecule has 96 valence electrons. The van der Waals surface area contributed by atoms with Crippen molar-refractivity contribution in [2.45, 2.75) is 12.1 Å². The van der Waals surface area contributed by atoms with Crippen LogP contribution in [0.1, 0.15) is 23.0 Å². The molecule has 6 nitrogen and oxygen atoms in total. The fourth-order valence-electron chi connectivity index (χ4n) is 1.16. The van der Waals surface area contributed by atoms with Crippen molar-refractivity contribution in [2.24, 2.45) is 0 Å². The molecular formula is C11H13N3O3S. The number of aromatic nitrogens is 2. The number of carbonyl (C=O) groups is 2. The van der Waals surface area contributed by atoms with Crippen LogP contribution in [0, 0.1) is 0 Å². The van der Waals surface area contributed by atoms with Gasteiger partial charge in [0.2, 0.25) is 5.91 Å². The summed E-state index contributed by atoms with van der Waals surface area (Å²) < 4.78 is 0. The van der Waals surface area contributed by atoms with E-state index in [2.05, 4.69) is 15.3 Å². The topological polar surface area (TPSA) is 92.2 Å². The number of nitrogens with zero attached hydrogens (tertiary/aromatic N) is 2. The average molecular weight is 267 g/mol. The van der Waals surface area contributed by atoms with Gasteiger partial charge in [-0.15, -0.1) is 0 Å². The van der Waals surface area contributed by atoms with E-state index in [1.54, 1.807) is 18.4 Å². The molecule has 0 radical (unpaired) electrons. The molecule has 1 rings (SSSR count). The van der Waals surface area contributed by atoms with Crippen LogP contribution in [-0.4, -0.2) is 39.8 Å². The number of nitrogens with one attached hydrogen (secondary N) is 1. The SMILES string of the molecule is CSc1ncc(C=CCNC(C)=O)c(C(=O)O)n1. The van der Waals surface area contributed by atoms with Crippen LogP contribution in [0.2, 0.25) is 0 Å². The van der Waals surface area contributed by atoms with Crippen LogP contribution >= 0.6 is 11.8 Å². The van der Waals surface area contributed by atoms with E-state index in [4.69, 9.17) is 5.11 Å². The van der Waals surface area contributed by atoms with Crippen molar-refractivity contribution < 1.29 is 14.7 Å². The van der Waals surface area contributed by atoms with Gasteiger partial charge < -0.3 is 10.4 Å². The first kappa shape index (κ1) is 14.2. The highest BCUT2D eigenvalue weighted by molar-refractivity contribution is 7.98. The molecule has 1 amide bonds. The lowest BCUT2D eigenvalue weighted by molar-refractivity contribution is -0.118. The Labute approximate surface area is 109 Å². The molecule has 0 saturated carbocycles. The van der Waals surface area contributed by atoms with Crippen LogP contribution in [0.4, 0.5) is 0 Å². The summed E-state index contributed by atoms with van der Waals surface area (Å²) in [6.45, 7) is 1.74. The normalized spacial score (nSPS) is 10.6. The highest BCUT2D eigenvalue weighted by atomic mass is 32.2. The van der Waals surface area contributed by atoms with Gasteiger partial charge in [0.25, 0.3) is 0 Å². The molecule has 0 bridgehead atoms. The maximum atomic E-state index is 11.0. The zero-order valence-corrected chi connectivity index (χ0v) is 10.8. The predicted octanol–water partition coefficient (Wildman–Crippen LogP) is 1.05. The van der Waals surface area contributed by atoms with Gasteiger partial charge in [-0.05, 0) is 6.26 Å². The van der Waals surface area contributed by atoms with Gasteiger partial charge in [-0.1, -0.05) is 23.9 Å². The largest absolute Gasteiger partial charge is 0.476 e. The van der Waals surface area contributed by atoms with Crippen molar-refractivity contribution in [1.82, 2.24) is 15.3 Å². The van der Waals surface area contributed by atoms with Crippen LogP contribution in [0.5, 0.6) is 0 Å². The molecule has 0 aromatic carbocycles. The van der Waals surface area contributed by atoms with E-state index >= 15 is 0 Å². The zero-order valence-electron chi connectivity index (χ0n) is 10.0. The van der Waals surface area contributed by atoms with Gasteiger partial charge in [-0.2, -0.15) is 0 Å². The minimum absolute atomic E-state index is 0.0478. The first-order valence-electron chi connectivity index (χ1n) is 5.10. The summed E-state index contributed by atoms with van der Waals surface area (Å²) in [5.41, 5.74) is 0.360. The third-order valence-electron chi connectivity index (χ3n) is 1.95. The van der Waals surface area contributed by atoms with Crippen molar-refractivity contribution in [3.05, 3.63) is 23.5 Å². The summed E-state index contributed by atoms with van der Waals surface area (Å²) >= 11 is 1.27. The summed E-state index contributed by atoms with van der Waals surface area (Å²) in [5.74, 6) is -1.25. The van der Waals surface area contributed by atoms with E-state index in [0.717, 1.165) is 0 Å². The van der Waals surface area contributed by atoms with E-state index in [9.17, 15) is 9.59 Å². The molecule has 0 atom stereocenters. The van der Waals surface area contributed by atoms with E-state index in [1.165, 1.54) is 24.9 Å².